The van der Waals surface area contributed by atoms with Crippen LogP contribution in [0.2, 0.25) is 0 Å². The van der Waals surface area contributed by atoms with Crippen LogP contribution in [-0.2, 0) is 11.3 Å². The summed E-state index contributed by atoms with van der Waals surface area (Å²) in [5.41, 5.74) is 4.29. The normalized spacial score (nSPS) is 15.1. The monoisotopic (exact) mass is 412 g/mol. The van der Waals surface area contributed by atoms with Gasteiger partial charge in [0, 0.05) is 62.3 Å². The molecule has 0 unspecified atom stereocenters. The third-order valence-corrected chi connectivity index (χ3v) is 5.57. The van der Waals surface area contributed by atoms with E-state index >= 15 is 0 Å². The fourth-order valence-corrected chi connectivity index (χ4v) is 3.68. The maximum absolute atomic E-state index is 5.39. The molecule has 0 amide bonds. The Morgan fingerprint density at radius 3 is 2.40 bits per heavy atom. The van der Waals surface area contributed by atoms with Gasteiger partial charge in [0.05, 0.1) is 6.61 Å². The summed E-state index contributed by atoms with van der Waals surface area (Å²) >= 11 is 0. The number of hydrogen-bond donors (Lipinski definition) is 1. The van der Waals surface area contributed by atoms with Crippen molar-refractivity contribution in [1.82, 2.24) is 19.8 Å². The van der Waals surface area contributed by atoms with Crippen molar-refractivity contribution in [2.45, 2.75) is 20.0 Å². The summed E-state index contributed by atoms with van der Waals surface area (Å²) in [5, 5.41) is 3.50. The smallest absolute Gasteiger partial charge is 0.161 e. The number of rotatable bonds is 9. The predicted octanol–water partition coefficient (Wildman–Crippen LogP) is 2.71. The lowest BCUT2D eigenvalue weighted by Crippen LogP contribution is -2.44. The third-order valence-electron chi connectivity index (χ3n) is 5.57. The number of nitrogens with one attached hydrogen (secondary N) is 1. The number of hydrogen-bond acceptors (Lipinski definition) is 7. The molecule has 1 aromatic carbocycles. The topological polar surface area (TPSA) is 56.8 Å². The largest absolute Gasteiger partial charge is 0.380 e. The lowest BCUT2D eigenvalue weighted by Gasteiger charge is -2.34. The average molecular weight is 413 g/mol. The van der Waals surface area contributed by atoms with E-state index in [0.29, 0.717) is 6.61 Å². The van der Waals surface area contributed by atoms with Gasteiger partial charge in [-0.15, -0.1) is 0 Å². The van der Waals surface area contributed by atoms with E-state index in [1.807, 2.05) is 6.92 Å². The molecule has 1 fully saturated rings. The zero-order valence-corrected chi connectivity index (χ0v) is 19.1. The van der Waals surface area contributed by atoms with Crippen LogP contribution >= 0.6 is 0 Å². The summed E-state index contributed by atoms with van der Waals surface area (Å²) in [6.07, 6.45) is 1.05. The highest BCUT2D eigenvalue weighted by Gasteiger charge is 2.16. The predicted molar refractivity (Wildman–Crippen MR) is 124 cm³/mol. The van der Waals surface area contributed by atoms with Crippen LogP contribution in [0.1, 0.15) is 17.7 Å². The molecule has 1 saturated heterocycles. The van der Waals surface area contributed by atoms with Gasteiger partial charge in [-0.05, 0) is 65.3 Å². The van der Waals surface area contributed by atoms with Crippen molar-refractivity contribution in [2.24, 2.45) is 0 Å². The second-order valence-electron chi connectivity index (χ2n) is 8.31. The van der Waals surface area contributed by atoms with Crippen molar-refractivity contribution in [3.8, 4) is 11.4 Å². The van der Waals surface area contributed by atoms with Crippen LogP contribution in [0.4, 0.5) is 11.5 Å². The summed E-state index contributed by atoms with van der Waals surface area (Å²) < 4.78 is 5.39. The van der Waals surface area contributed by atoms with Gasteiger partial charge in [0.15, 0.2) is 5.82 Å². The van der Waals surface area contributed by atoms with E-state index in [2.05, 4.69) is 65.4 Å². The van der Waals surface area contributed by atoms with Crippen LogP contribution in [0.25, 0.3) is 11.4 Å². The van der Waals surface area contributed by atoms with Gasteiger partial charge in [-0.2, -0.15) is 0 Å². The van der Waals surface area contributed by atoms with E-state index in [1.54, 1.807) is 7.11 Å². The number of aryl methyl sites for hydroxylation is 1. The van der Waals surface area contributed by atoms with Crippen molar-refractivity contribution in [1.29, 1.82) is 0 Å². The van der Waals surface area contributed by atoms with Crippen molar-refractivity contribution >= 4 is 11.5 Å². The van der Waals surface area contributed by atoms with E-state index < -0.39 is 0 Å². The molecule has 30 heavy (non-hydrogen) atoms. The lowest BCUT2D eigenvalue weighted by molar-refractivity contribution is 0.184. The van der Waals surface area contributed by atoms with E-state index in [1.165, 1.54) is 5.69 Å². The summed E-state index contributed by atoms with van der Waals surface area (Å²) in [7, 11) is 8.07. The van der Waals surface area contributed by atoms with Crippen molar-refractivity contribution in [3.05, 3.63) is 35.5 Å². The van der Waals surface area contributed by atoms with E-state index in [0.717, 1.165) is 74.2 Å². The quantitative estimate of drug-likeness (QED) is 0.636. The number of nitrogens with zero attached hydrogens (tertiary/aromatic N) is 5. The fraction of sp³-hybridized carbons (Fsp3) is 0.565. The number of ether oxygens (including phenoxy) is 1. The van der Waals surface area contributed by atoms with Crippen LogP contribution in [0.15, 0.2) is 24.3 Å². The fourth-order valence-electron chi connectivity index (χ4n) is 3.68. The van der Waals surface area contributed by atoms with Gasteiger partial charge < -0.3 is 24.8 Å². The molecule has 0 saturated carbocycles. The van der Waals surface area contributed by atoms with Gasteiger partial charge in [0.25, 0.3) is 0 Å². The molecule has 3 rings (SSSR count). The third kappa shape index (κ3) is 5.90. The molecule has 2 aromatic rings. The number of aromatic nitrogens is 2. The Hall–Kier alpha value is -2.22. The van der Waals surface area contributed by atoms with E-state index in [4.69, 9.17) is 14.7 Å². The maximum Gasteiger partial charge on any atom is 0.161 e. The van der Waals surface area contributed by atoms with Gasteiger partial charge >= 0.3 is 0 Å². The summed E-state index contributed by atoms with van der Waals surface area (Å²) in [6.45, 7) is 8.79. The Bertz CT molecular complexity index is 800. The molecule has 1 N–H and O–H groups in total. The Balaban J connectivity index is 1.77. The van der Waals surface area contributed by atoms with Crippen molar-refractivity contribution in [2.75, 3.05) is 77.7 Å². The van der Waals surface area contributed by atoms with E-state index in [9.17, 15) is 0 Å². The van der Waals surface area contributed by atoms with Crippen molar-refractivity contribution in [3.63, 3.8) is 0 Å². The van der Waals surface area contributed by atoms with Crippen LogP contribution in [0.3, 0.4) is 0 Å². The summed E-state index contributed by atoms with van der Waals surface area (Å²) in [4.78, 5) is 16.6. The first-order valence-electron chi connectivity index (χ1n) is 10.8. The number of likely N-dealkylation sites (N-methyl/N-ethyl adjacent to an activating group) is 1. The molecule has 0 spiro atoms. The molecule has 7 heteroatoms. The highest BCUT2D eigenvalue weighted by atomic mass is 16.5. The maximum atomic E-state index is 5.39. The second kappa shape index (κ2) is 10.7. The SMILES string of the molecule is COCc1c(C)nc(-c2ccc(N3CCN(C)CC3)cc2)nc1NCCCN(C)C. The Morgan fingerprint density at radius 1 is 1.07 bits per heavy atom. The van der Waals surface area contributed by atoms with Crippen LogP contribution < -0.4 is 10.2 Å². The molecular formula is C23H36N6O. The van der Waals surface area contributed by atoms with E-state index in [-0.39, 0.29) is 0 Å². The molecule has 164 valence electrons. The lowest BCUT2D eigenvalue weighted by atomic mass is 10.1. The first-order chi connectivity index (χ1) is 14.5. The molecule has 0 atom stereocenters. The van der Waals surface area contributed by atoms with Crippen molar-refractivity contribution < 1.29 is 4.74 Å². The average Bonchev–Trinajstić information content (AvgIpc) is 2.74. The molecule has 2 heterocycles. The van der Waals surface area contributed by atoms with Crippen LogP contribution in [0, 0.1) is 6.92 Å². The van der Waals surface area contributed by atoms with Crippen LogP contribution in [0.5, 0.6) is 0 Å². The zero-order valence-electron chi connectivity index (χ0n) is 19.1. The minimum Gasteiger partial charge on any atom is -0.380 e. The minimum atomic E-state index is 0.504. The molecule has 1 aliphatic rings. The first-order valence-corrected chi connectivity index (χ1v) is 10.8. The number of anilines is 2. The van der Waals surface area contributed by atoms with Gasteiger partial charge in [-0.25, -0.2) is 9.97 Å². The molecular weight excluding hydrogens is 376 g/mol. The summed E-state index contributed by atoms with van der Waals surface area (Å²) in [5.74, 6) is 1.63. The molecule has 0 bridgehead atoms. The number of benzene rings is 1. The number of methoxy groups -OCH3 is 1. The van der Waals surface area contributed by atoms with Gasteiger partial charge in [0.1, 0.15) is 5.82 Å². The molecule has 1 aromatic heterocycles. The molecule has 7 nitrogen and oxygen atoms in total. The second-order valence-corrected chi connectivity index (χ2v) is 8.31. The minimum absolute atomic E-state index is 0.504. The number of piperazine rings is 1. The molecule has 0 radical (unpaired) electrons. The Kier molecular flexibility index (Phi) is 8.01. The highest BCUT2D eigenvalue weighted by molar-refractivity contribution is 5.63. The zero-order chi connectivity index (χ0) is 21.5. The molecule has 0 aliphatic carbocycles. The summed E-state index contributed by atoms with van der Waals surface area (Å²) in [6, 6.07) is 8.64. The highest BCUT2D eigenvalue weighted by Crippen LogP contribution is 2.25. The first kappa shape index (κ1) is 22.5. The Labute approximate surface area is 181 Å². The van der Waals surface area contributed by atoms with Crippen LogP contribution in [-0.4, -0.2) is 87.3 Å². The Morgan fingerprint density at radius 2 is 1.77 bits per heavy atom. The molecule has 1 aliphatic heterocycles. The van der Waals surface area contributed by atoms with Gasteiger partial charge in [-0.3, -0.25) is 0 Å². The standard InChI is InChI=1S/C23H36N6O/c1-18-21(17-30-5)23(24-11-6-12-27(2)3)26-22(25-18)19-7-9-20(10-8-19)29-15-13-28(4)14-16-29/h7-10H,6,11-17H2,1-5H3,(H,24,25,26). The van der Waals surface area contributed by atoms with Gasteiger partial charge in [0.2, 0.25) is 0 Å². The van der Waals surface area contributed by atoms with Gasteiger partial charge in [-0.1, -0.05) is 0 Å².